The molecule has 4 nitrogen and oxygen atoms in total. The second-order valence-electron chi connectivity index (χ2n) is 3.29. The van der Waals surface area contributed by atoms with Crippen molar-refractivity contribution in [2.75, 3.05) is 26.2 Å². The lowest BCUT2D eigenvalue weighted by atomic mass is 10.2. The Balaban J connectivity index is 1.98. The molecule has 0 saturated carbocycles. The van der Waals surface area contributed by atoms with E-state index in [2.05, 4.69) is 5.32 Å². The van der Waals surface area contributed by atoms with Crippen LogP contribution in [0.3, 0.4) is 0 Å². The van der Waals surface area contributed by atoms with Crippen LogP contribution in [0.1, 0.15) is 6.42 Å². The van der Waals surface area contributed by atoms with Crippen LogP contribution in [0.15, 0.2) is 0 Å². The van der Waals surface area contributed by atoms with Gasteiger partial charge >= 0.3 is 6.18 Å². The Morgan fingerprint density at radius 3 is 2.60 bits per heavy atom. The molecule has 7 heteroatoms. The van der Waals surface area contributed by atoms with Gasteiger partial charge in [-0.1, -0.05) is 0 Å². The lowest BCUT2D eigenvalue weighted by molar-refractivity contribution is -0.139. The summed E-state index contributed by atoms with van der Waals surface area (Å²) < 4.78 is 40.2. The normalized spacial score (nSPS) is 17.3. The van der Waals surface area contributed by atoms with Crippen LogP contribution in [0, 0.1) is 0 Å². The minimum absolute atomic E-state index is 0.0351. The van der Waals surface area contributed by atoms with Gasteiger partial charge in [-0.15, -0.1) is 0 Å². The maximum absolute atomic E-state index is 11.7. The Kier molecular flexibility index (Phi) is 4.34. The van der Waals surface area contributed by atoms with Crippen LogP contribution < -0.4 is 10.6 Å². The molecule has 1 aliphatic heterocycles. The molecule has 1 amide bonds. The fourth-order valence-corrected chi connectivity index (χ4v) is 0.986. The molecule has 0 unspecified atom stereocenters. The summed E-state index contributed by atoms with van der Waals surface area (Å²) in [5.41, 5.74) is 0. The average molecular weight is 226 g/mol. The summed E-state index contributed by atoms with van der Waals surface area (Å²) in [6.07, 6.45) is -4.29. The smallest absolute Gasteiger partial charge is 0.375 e. The SMILES string of the molecule is O=C(CCOC1CNC1)NCC(F)(F)F. The molecular weight excluding hydrogens is 213 g/mol. The monoisotopic (exact) mass is 226 g/mol. The molecule has 1 rings (SSSR count). The van der Waals surface area contributed by atoms with E-state index in [9.17, 15) is 18.0 Å². The average Bonchev–Trinajstić information content (AvgIpc) is 2.04. The number of ether oxygens (including phenoxy) is 1. The third-order valence-electron chi connectivity index (χ3n) is 1.91. The van der Waals surface area contributed by atoms with Gasteiger partial charge in [0.25, 0.3) is 0 Å². The van der Waals surface area contributed by atoms with Crippen LogP contribution in [-0.2, 0) is 9.53 Å². The molecular formula is C8H13F3N2O2. The van der Waals surface area contributed by atoms with Gasteiger partial charge in [0.1, 0.15) is 6.54 Å². The number of halogens is 3. The standard InChI is InChI=1S/C8H13F3N2O2/c9-8(10,11)5-13-7(14)1-2-15-6-3-12-4-6/h6,12H,1-5H2,(H,13,14). The largest absolute Gasteiger partial charge is 0.405 e. The highest BCUT2D eigenvalue weighted by Gasteiger charge is 2.27. The van der Waals surface area contributed by atoms with E-state index in [1.807, 2.05) is 0 Å². The van der Waals surface area contributed by atoms with Crippen molar-refractivity contribution in [1.82, 2.24) is 10.6 Å². The minimum Gasteiger partial charge on any atom is -0.375 e. The molecule has 0 aromatic heterocycles. The van der Waals surface area contributed by atoms with Crippen LogP contribution >= 0.6 is 0 Å². The number of carbonyl (C=O) groups is 1. The zero-order valence-electron chi connectivity index (χ0n) is 8.06. The molecule has 1 heterocycles. The van der Waals surface area contributed by atoms with E-state index in [4.69, 9.17) is 4.74 Å². The van der Waals surface area contributed by atoms with E-state index < -0.39 is 18.6 Å². The molecule has 0 bridgehead atoms. The number of rotatable bonds is 5. The molecule has 0 atom stereocenters. The molecule has 0 radical (unpaired) electrons. The second kappa shape index (κ2) is 5.32. The summed E-state index contributed by atoms with van der Waals surface area (Å²) >= 11 is 0. The zero-order chi connectivity index (χ0) is 11.3. The van der Waals surface area contributed by atoms with Crippen LogP contribution in [0.2, 0.25) is 0 Å². The number of alkyl halides is 3. The van der Waals surface area contributed by atoms with Crippen molar-refractivity contribution in [1.29, 1.82) is 0 Å². The van der Waals surface area contributed by atoms with Gasteiger partial charge in [0.2, 0.25) is 5.91 Å². The lowest BCUT2D eigenvalue weighted by Gasteiger charge is -2.26. The van der Waals surface area contributed by atoms with E-state index in [1.165, 1.54) is 0 Å². The maximum Gasteiger partial charge on any atom is 0.405 e. The summed E-state index contributed by atoms with van der Waals surface area (Å²) in [6, 6.07) is 0. The number of hydrogen-bond acceptors (Lipinski definition) is 3. The predicted molar refractivity (Wildman–Crippen MR) is 46.3 cm³/mol. The van der Waals surface area contributed by atoms with Crippen LogP contribution in [0.5, 0.6) is 0 Å². The number of hydrogen-bond donors (Lipinski definition) is 2. The molecule has 1 fully saturated rings. The first-order chi connectivity index (χ1) is 6.97. The Labute approximate surface area is 85.2 Å². The Hall–Kier alpha value is -0.820. The second-order valence-corrected chi connectivity index (χ2v) is 3.29. The summed E-state index contributed by atoms with van der Waals surface area (Å²) in [6.45, 7) is 0.362. The van der Waals surface area contributed by atoms with Crippen molar-refractivity contribution >= 4 is 5.91 Å². The molecule has 15 heavy (non-hydrogen) atoms. The minimum atomic E-state index is -4.35. The summed E-state index contributed by atoms with van der Waals surface area (Å²) in [5, 5.41) is 4.74. The van der Waals surface area contributed by atoms with Crippen LogP contribution in [-0.4, -0.2) is 44.4 Å². The van der Waals surface area contributed by atoms with Crippen molar-refractivity contribution in [2.24, 2.45) is 0 Å². The topological polar surface area (TPSA) is 50.4 Å². The number of nitrogens with one attached hydrogen (secondary N) is 2. The van der Waals surface area contributed by atoms with Gasteiger partial charge in [-0.3, -0.25) is 4.79 Å². The van der Waals surface area contributed by atoms with Crippen LogP contribution in [0.4, 0.5) is 13.2 Å². The molecule has 0 aromatic rings. The van der Waals surface area contributed by atoms with Crippen molar-refractivity contribution < 1.29 is 22.7 Å². The van der Waals surface area contributed by atoms with Gasteiger partial charge in [-0.25, -0.2) is 0 Å². The van der Waals surface area contributed by atoms with Crippen molar-refractivity contribution in [3.8, 4) is 0 Å². The number of carbonyl (C=O) groups excluding carboxylic acids is 1. The van der Waals surface area contributed by atoms with Gasteiger partial charge in [-0.05, 0) is 0 Å². The summed E-state index contributed by atoms with van der Waals surface area (Å²) in [5.74, 6) is -0.639. The number of amides is 1. The van der Waals surface area contributed by atoms with Gasteiger partial charge in [-0.2, -0.15) is 13.2 Å². The lowest BCUT2D eigenvalue weighted by Crippen LogP contribution is -2.48. The first kappa shape index (κ1) is 12.3. The van der Waals surface area contributed by atoms with Crippen LogP contribution in [0.25, 0.3) is 0 Å². The van der Waals surface area contributed by atoms with Gasteiger partial charge in [0, 0.05) is 19.5 Å². The van der Waals surface area contributed by atoms with Gasteiger partial charge < -0.3 is 15.4 Å². The van der Waals surface area contributed by atoms with Gasteiger partial charge in [0.15, 0.2) is 0 Å². The molecule has 0 aromatic carbocycles. The first-order valence-electron chi connectivity index (χ1n) is 4.63. The van der Waals surface area contributed by atoms with E-state index >= 15 is 0 Å². The molecule has 0 aliphatic carbocycles. The van der Waals surface area contributed by atoms with Crippen molar-refractivity contribution in [3.05, 3.63) is 0 Å². The highest BCUT2D eigenvalue weighted by atomic mass is 19.4. The molecule has 88 valence electrons. The van der Waals surface area contributed by atoms with Gasteiger partial charge in [0.05, 0.1) is 12.7 Å². The fourth-order valence-electron chi connectivity index (χ4n) is 0.986. The van der Waals surface area contributed by atoms with E-state index in [1.54, 1.807) is 5.32 Å². The van der Waals surface area contributed by atoms with E-state index in [0.717, 1.165) is 13.1 Å². The Morgan fingerprint density at radius 2 is 2.13 bits per heavy atom. The molecule has 2 N–H and O–H groups in total. The fraction of sp³-hybridized carbons (Fsp3) is 0.875. The summed E-state index contributed by atoms with van der Waals surface area (Å²) in [4.78, 5) is 10.9. The Morgan fingerprint density at radius 1 is 1.47 bits per heavy atom. The third kappa shape index (κ3) is 5.58. The molecule has 1 aliphatic rings. The third-order valence-corrected chi connectivity index (χ3v) is 1.91. The van der Waals surface area contributed by atoms with E-state index in [0.29, 0.717) is 0 Å². The zero-order valence-corrected chi connectivity index (χ0v) is 8.06. The maximum atomic E-state index is 11.7. The predicted octanol–water partition coefficient (Wildman–Crippen LogP) is 0.0434. The summed E-state index contributed by atoms with van der Waals surface area (Å²) in [7, 11) is 0. The Bertz CT molecular complexity index is 216. The highest BCUT2D eigenvalue weighted by Crippen LogP contribution is 2.12. The molecule has 1 saturated heterocycles. The molecule has 0 spiro atoms. The quantitative estimate of drug-likeness (QED) is 0.696. The van der Waals surface area contributed by atoms with E-state index in [-0.39, 0.29) is 19.1 Å². The van der Waals surface area contributed by atoms with Crippen molar-refractivity contribution in [3.63, 3.8) is 0 Å². The highest BCUT2D eigenvalue weighted by molar-refractivity contribution is 5.75. The van der Waals surface area contributed by atoms with Crippen molar-refractivity contribution in [2.45, 2.75) is 18.7 Å². The first-order valence-corrected chi connectivity index (χ1v) is 4.63.